The highest BCUT2D eigenvalue weighted by atomic mass is 16.7. The van der Waals surface area contributed by atoms with Gasteiger partial charge in [0.15, 0.2) is 24.8 Å². The van der Waals surface area contributed by atoms with Crippen LogP contribution in [-0.2, 0) is 49.1 Å². The van der Waals surface area contributed by atoms with Crippen molar-refractivity contribution in [1.29, 1.82) is 0 Å². The summed E-state index contributed by atoms with van der Waals surface area (Å²) in [5.74, 6) is -3.31. The number of nitro benzene ring substituents is 2. The van der Waals surface area contributed by atoms with Crippen LogP contribution in [0.25, 0.3) is 0 Å². The summed E-state index contributed by atoms with van der Waals surface area (Å²) in [5, 5.41) is 68.3. The number of benzene rings is 2. The number of ether oxygens (including phenoxy) is 9. The van der Waals surface area contributed by atoms with Crippen LogP contribution in [0.3, 0.4) is 0 Å². The summed E-state index contributed by atoms with van der Waals surface area (Å²) in [7, 11) is 8.52. The number of nitrogens with one attached hydrogen (secondary N) is 3. The minimum atomic E-state index is -1.99. The molecule has 3 fully saturated rings. The van der Waals surface area contributed by atoms with Crippen molar-refractivity contribution in [2.45, 2.75) is 204 Å². The molecular formula is C60H95N7O20. The number of carbonyl (C=O) groups is 4. The molecule has 3 amide bonds. The fourth-order valence-corrected chi connectivity index (χ4v) is 12.2. The molecule has 27 heteroatoms. The summed E-state index contributed by atoms with van der Waals surface area (Å²) in [4.78, 5) is 79.7. The maximum Gasteiger partial charge on any atom is 0.407 e. The Bertz CT molecular complexity index is 2580. The maximum atomic E-state index is 15.0. The van der Waals surface area contributed by atoms with Crippen LogP contribution in [0.2, 0.25) is 0 Å². The molecule has 18 atom stereocenters. The van der Waals surface area contributed by atoms with Gasteiger partial charge in [0.25, 0.3) is 17.3 Å². The Morgan fingerprint density at radius 2 is 1.40 bits per heavy atom. The molecule has 0 radical (unpaired) electrons. The lowest BCUT2D eigenvalue weighted by molar-refractivity contribution is -0.394. The van der Waals surface area contributed by atoms with E-state index >= 15 is 4.79 Å². The second-order valence-electron chi connectivity index (χ2n) is 24.6. The number of esters is 1. The average molecular weight is 1230 g/mol. The lowest BCUT2D eigenvalue weighted by Gasteiger charge is -2.49. The number of rotatable bonds is 21. The Balaban J connectivity index is 1.39. The number of amides is 3. The van der Waals surface area contributed by atoms with Gasteiger partial charge in [-0.2, -0.15) is 0 Å². The largest absolute Gasteiger partial charge is 0.497 e. The van der Waals surface area contributed by atoms with E-state index in [0.717, 1.165) is 23.8 Å². The molecule has 3 aliphatic rings. The Hall–Kier alpha value is -5.88. The van der Waals surface area contributed by atoms with E-state index in [0.29, 0.717) is 38.0 Å². The standard InChI is InChI=1S/C60H95N7O20/c1-16-46-60(10,74)51(86-57(72)63-26-23-40-19-21-44(79-14)22-20-40)38(6)65(13)33-34(2)31-58(8,73)50(85-55-48(68)45(64(11)12)27-35(3)81-55)36(4)49(37(5)54(70)83-46)84-47-32-59(9,80-15)52(39(7)82-47)87-56(71)62-25-18-17-24-61-53(69)41-28-42(66(75)76)30-43(29-41)67(77)78/h19-22,28-30,34-39,45-52,55,68,73-74H,16-18,23-27,31-33H2,1-15H3,(H,61,69)(H,62,71)(H,63,72)/t34-,35-,36+,37-,38-,39+,45+,46-,47+,48-,49+,50-,51-,52+,55+,58-,59-,60-/m1/s1. The minimum Gasteiger partial charge on any atom is -0.497 e. The zero-order valence-corrected chi connectivity index (χ0v) is 53.1. The van der Waals surface area contributed by atoms with Crippen LogP contribution in [0.15, 0.2) is 42.5 Å². The van der Waals surface area contributed by atoms with Gasteiger partial charge in [-0.05, 0) is 132 Å². The summed E-state index contributed by atoms with van der Waals surface area (Å²) in [6.07, 6.45) is -10.7. The first-order valence-corrected chi connectivity index (χ1v) is 29.9. The number of methoxy groups -OCH3 is 2. The molecule has 5 rings (SSSR count). The molecular weight excluding hydrogens is 1140 g/mol. The normalized spacial score (nSPS) is 33.9. The number of carbonyl (C=O) groups excluding carboxylic acids is 4. The number of alkyl carbamates (subject to hydrolysis) is 2. The van der Waals surface area contributed by atoms with E-state index in [-0.39, 0.29) is 62.5 Å². The summed E-state index contributed by atoms with van der Waals surface area (Å²) in [5.41, 5.74) is -5.53. The van der Waals surface area contributed by atoms with Crippen LogP contribution in [0.4, 0.5) is 21.0 Å². The van der Waals surface area contributed by atoms with Gasteiger partial charge >= 0.3 is 18.2 Å². The van der Waals surface area contributed by atoms with E-state index in [4.69, 9.17) is 42.6 Å². The Morgan fingerprint density at radius 3 is 1.97 bits per heavy atom. The zero-order chi connectivity index (χ0) is 64.9. The molecule has 2 aromatic carbocycles. The minimum absolute atomic E-state index is 0.0622. The van der Waals surface area contributed by atoms with E-state index < -0.39 is 135 Å². The number of aliphatic hydroxyl groups excluding tert-OH is 1. The van der Waals surface area contributed by atoms with Gasteiger partial charge in [0, 0.05) is 69.8 Å². The average Bonchev–Trinajstić information content (AvgIpc) is 2.24. The number of unbranched alkanes of at least 4 members (excludes halogenated alkanes) is 1. The van der Waals surface area contributed by atoms with E-state index in [1.165, 1.54) is 14.0 Å². The summed E-state index contributed by atoms with van der Waals surface area (Å²) < 4.78 is 56.4. The van der Waals surface area contributed by atoms with E-state index in [1.807, 2.05) is 69.1 Å². The first kappa shape index (κ1) is 71.9. The molecule has 3 aliphatic heterocycles. The monoisotopic (exact) mass is 1230 g/mol. The Morgan fingerprint density at radius 1 is 0.816 bits per heavy atom. The third kappa shape index (κ3) is 19.1. The van der Waals surface area contributed by atoms with Crippen LogP contribution in [0, 0.1) is 38.0 Å². The first-order chi connectivity index (χ1) is 40.8. The van der Waals surface area contributed by atoms with Crippen LogP contribution < -0.4 is 20.7 Å². The fourth-order valence-electron chi connectivity index (χ4n) is 12.2. The number of cyclic esters (lactones) is 1. The van der Waals surface area contributed by atoms with Crippen molar-refractivity contribution in [3.8, 4) is 5.75 Å². The molecule has 0 bridgehead atoms. The van der Waals surface area contributed by atoms with Crippen molar-refractivity contribution < 1.29 is 87.0 Å². The molecule has 0 saturated carbocycles. The number of nitrogens with zero attached hydrogens (tertiary/aromatic N) is 4. The van der Waals surface area contributed by atoms with Crippen LogP contribution in [0.5, 0.6) is 5.75 Å². The molecule has 0 aromatic heterocycles. The van der Waals surface area contributed by atoms with Crippen LogP contribution in [-0.4, -0.2) is 211 Å². The molecule has 490 valence electrons. The number of hydrogen-bond acceptors (Lipinski definition) is 22. The summed E-state index contributed by atoms with van der Waals surface area (Å²) in [6.45, 7) is 17.9. The van der Waals surface area contributed by atoms with Crippen molar-refractivity contribution in [3.63, 3.8) is 0 Å². The summed E-state index contributed by atoms with van der Waals surface area (Å²) in [6, 6.07) is 8.99. The molecule has 27 nitrogen and oxygen atoms in total. The smallest absolute Gasteiger partial charge is 0.407 e. The van der Waals surface area contributed by atoms with E-state index in [1.54, 1.807) is 55.6 Å². The molecule has 2 aromatic rings. The van der Waals surface area contributed by atoms with Gasteiger partial charge in [-0.3, -0.25) is 34.7 Å². The van der Waals surface area contributed by atoms with Gasteiger partial charge < -0.3 is 78.8 Å². The molecule has 3 heterocycles. The topological polar surface area (TPSA) is 341 Å². The van der Waals surface area contributed by atoms with Crippen molar-refractivity contribution >= 4 is 35.4 Å². The van der Waals surface area contributed by atoms with Gasteiger partial charge in [-0.1, -0.05) is 32.9 Å². The quantitative estimate of drug-likeness (QED) is 0.0289. The van der Waals surface area contributed by atoms with Gasteiger partial charge in [0.1, 0.15) is 29.2 Å². The highest BCUT2D eigenvalue weighted by molar-refractivity contribution is 5.95. The summed E-state index contributed by atoms with van der Waals surface area (Å²) >= 11 is 0. The van der Waals surface area contributed by atoms with Crippen LogP contribution >= 0.6 is 0 Å². The highest BCUT2D eigenvalue weighted by Crippen LogP contribution is 2.41. The van der Waals surface area contributed by atoms with E-state index in [2.05, 4.69) is 16.0 Å². The maximum absolute atomic E-state index is 15.0. The lowest BCUT2D eigenvalue weighted by Crippen LogP contribution is -2.61. The highest BCUT2D eigenvalue weighted by Gasteiger charge is 2.54. The Kier molecular flexibility index (Phi) is 26.0. The number of non-ortho nitro benzene ring substituents is 2. The number of nitro groups is 2. The van der Waals surface area contributed by atoms with Crippen molar-refractivity contribution in [1.82, 2.24) is 25.8 Å². The lowest BCUT2D eigenvalue weighted by atomic mass is 9.77. The predicted octanol–water partition coefficient (Wildman–Crippen LogP) is 5.65. The second kappa shape index (κ2) is 31.5. The van der Waals surface area contributed by atoms with Crippen molar-refractivity contribution in [2.24, 2.45) is 17.8 Å². The molecule has 0 unspecified atom stereocenters. The van der Waals surface area contributed by atoms with Crippen molar-refractivity contribution in [2.75, 3.05) is 61.5 Å². The first-order valence-electron chi connectivity index (χ1n) is 29.9. The van der Waals surface area contributed by atoms with Crippen LogP contribution in [0.1, 0.15) is 124 Å². The number of hydrogen-bond donors (Lipinski definition) is 6. The third-order valence-corrected chi connectivity index (χ3v) is 17.2. The zero-order valence-electron chi connectivity index (χ0n) is 53.1. The Labute approximate surface area is 510 Å². The molecule has 6 N–H and O–H groups in total. The van der Waals surface area contributed by atoms with Gasteiger partial charge in [0.05, 0.1) is 64.5 Å². The predicted molar refractivity (Wildman–Crippen MR) is 317 cm³/mol. The SMILES string of the molecule is CC[C@H]1OC(=O)[C@H](C)[C@@H](O[C@H]2C[C@@](C)(OC)[C@@H](OC(=O)NCCCCNC(=O)c3cc([N+](=O)[O-])cc([N+](=O)[O-])c3)[C@H](C)O2)[C@H](C)[C@@H](O[C@@H]2O[C@H](C)C[C@H](N(C)C)[C@H]2O)[C@](C)(O)C[C@@H](C)CN(C)[C@H](C)[C@@H](OC(=O)NCCc2ccc(OC)cc2)[C@]1(C)O. The second-order valence-corrected chi connectivity index (χ2v) is 24.6. The fraction of sp³-hybridized carbons (Fsp3) is 0.733. The molecule has 87 heavy (non-hydrogen) atoms. The van der Waals surface area contributed by atoms with E-state index in [9.17, 15) is 49.9 Å². The molecule has 3 saturated heterocycles. The molecule has 0 aliphatic carbocycles. The van der Waals surface area contributed by atoms with Gasteiger partial charge in [-0.15, -0.1) is 0 Å². The molecule has 0 spiro atoms. The number of likely N-dealkylation sites (N-methyl/N-ethyl adjacent to an activating group) is 2. The van der Waals surface area contributed by atoms with Gasteiger partial charge in [0.2, 0.25) is 0 Å². The van der Waals surface area contributed by atoms with Crippen molar-refractivity contribution in [3.05, 3.63) is 73.8 Å². The number of aliphatic hydroxyl groups is 3. The van der Waals surface area contributed by atoms with Gasteiger partial charge in [-0.25, -0.2) is 9.59 Å². The third-order valence-electron chi connectivity index (χ3n) is 17.2.